The average Bonchev–Trinajstić information content (AvgIpc) is 2.36. The Morgan fingerprint density at radius 1 is 1.39 bits per heavy atom. The van der Waals surface area contributed by atoms with Crippen LogP contribution in [-0.4, -0.2) is 37.4 Å². The molecule has 4 heteroatoms. The second kappa shape index (κ2) is 6.53. The lowest BCUT2D eigenvalue weighted by Crippen LogP contribution is -2.64. The maximum absolute atomic E-state index is 11.6. The molecule has 0 amide bonds. The maximum atomic E-state index is 11.6. The van der Waals surface area contributed by atoms with Crippen molar-refractivity contribution in [2.75, 3.05) is 13.2 Å². The van der Waals surface area contributed by atoms with Gasteiger partial charge in [0.25, 0.3) is 0 Å². The van der Waals surface area contributed by atoms with Crippen LogP contribution in [0.1, 0.15) is 47.5 Å². The van der Waals surface area contributed by atoms with Crippen molar-refractivity contribution in [2.45, 2.75) is 65.6 Å². The van der Waals surface area contributed by atoms with Gasteiger partial charge in [0, 0.05) is 18.1 Å². The van der Waals surface area contributed by atoms with Crippen molar-refractivity contribution >= 4 is 5.97 Å². The fourth-order valence-electron chi connectivity index (χ4n) is 2.65. The Morgan fingerprint density at radius 2 is 2.06 bits per heavy atom. The number of nitrogens with one attached hydrogen (secondary N) is 1. The number of carbonyl (C=O) groups is 1. The van der Waals surface area contributed by atoms with E-state index in [1.165, 1.54) is 0 Å². The number of hydrogen-bond acceptors (Lipinski definition) is 4. The van der Waals surface area contributed by atoms with E-state index in [0.29, 0.717) is 18.8 Å². The van der Waals surface area contributed by atoms with Crippen LogP contribution in [-0.2, 0) is 14.3 Å². The monoisotopic (exact) mass is 257 g/mol. The molecule has 1 aliphatic carbocycles. The van der Waals surface area contributed by atoms with Gasteiger partial charge in [0.1, 0.15) is 6.04 Å². The minimum absolute atomic E-state index is 0.122. The minimum atomic E-state index is -0.247. The van der Waals surface area contributed by atoms with Crippen molar-refractivity contribution < 1.29 is 14.3 Å². The van der Waals surface area contributed by atoms with E-state index in [2.05, 4.69) is 19.2 Å². The zero-order valence-corrected chi connectivity index (χ0v) is 12.3. The molecule has 0 bridgehead atoms. The van der Waals surface area contributed by atoms with Crippen LogP contribution in [0.5, 0.6) is 0 Å². The molecule has 4 atom stereocenters. The first kappa shape index (κ1) is 15.4. The Morgan fingerprint density at radius 3 is 2.56 bits per heavy atom. The van der Waals surface area contributed by atoms with Crippen molar-refractivity contribution in [2.24, 2.45) is 5.41 Å². The zero-order valence-electron chi connectivity index (χ0n) is 12.3. The van der Waals surface area contributed by atoms with Crippen LogP contribution >= 0.6 is 0 Å². The summed E-state index contributed by atoms with van der Waals surface area (Å²) in [5.41, 5.74) is 0.122. The number of esters is 1. The average molecular weight is 257 g/mol. The molecule has 0 spiro atoms. The van der Waals surface area contributed by atoms with Crippen LogP contribution < -0.4 is 5.32 Å². The number of hydrogen-bond donors (Lipinski definition) is 1. The van der Waals surface area contributed by atoms with Crippen LogP contribution in [0.25, 0.3) is 0 Å². The van der Waals surface area contributed by atoms with Gasteiger partial charge in [-0.1, -0.05) is 13.8 Å². The fourth-order valence-corrected chi connectivity index (χ4v) is 2.65. The van der Waals surface area contributed by atoms with E-state index in [-0.39, 0.29) is 17.4 Å². The number of rotatable bonds is 7. The van der Waals surface area contributed by atoms with Crippen molar-refractivity contribution in [3.8, 4) is 0 Å². The van der Waals surface area contributed by atoms with Crippen molar-refractivity contribution in [1.29, 1.82) is 0 Å². The Bertz CT molecular complexity index is 282. The summed E-state index contributed by atoms with van der Waals surface area (Å²) in [6.07, 6.45) is 2.33. The Labute approximate surface area is 110 Å². The highest BCUT2D eigenvalue weighted by atomic mass is 16.5. The van der Waals surface area contributed by atoms with Crippen LogP contribution in [0.3, 0.4) is 0 Å². The molecule has 18 heavy (non-hydrogen) atoms. The summed E-state index contributed by atoms with van der Waals surface area (Å²) in [5, 5.41) is 3.38. The molecule has 1 N–H and O–H groups in total. The normalized spacial score (nSPS) is 32.7. The van der Waals surface area contributed by atoms with Gasteiger partial charge >= 0.3 is 5.97 Å². The van der Waals surface area contributed by atoms with E-state index in [9.17, 15) is 4.79 Å². The van der Waals surface area contributed by atoms with Crippen molar-refractivity contribution in [1.82, 2.24) is 5.32 Å². The van der Waals surface area contributed by atoms with Gasteiger partial charge in [0.2, 0.25) is 0 Å². The molecular weight excluding hydrogens is 230 g/mol. The van der Waals surface area contributed by atoms with Gasteiger partial charge < -0.3 is 14.8 Å². The summed E-state index contributed by atoms with van der Waals surface area (Å²) in [4.78, 5) is 11.6. The third-order valence-corrected chi connectivity index (χ3v) is 4.20. The number of ether oxygens (including phenoxy) is 2. The Hall–Kier alpha value is -0.610. The van der Waals surface area contributed by atoms with Crippen LogP contribution in [0.2, 0.25) is 0 Å². The molecule has 4 unspecified atom stereocenters. The molecule has 1 fully saturated rings. The predicted molar refractivity (Wildman–Crippen MR) is 71.4 cm³/mol. The molecule has 0 aromatic heterocycles. The highest BCUT2D eigenvalue weighted by Crippen LogP contribution is 2.46. The molecule has 0 heterocycles. The van der Waals surface area contributed by atoms with Crippen molar-refractivity contribution in [3.63, 3.8) is 0 Å². The molecule has 1 saturated carbocycles. The summed E-state index contributed by atoms with van der Waals surface area (Å²) >= 11 is 0. The molecule has 0 radical (unpaired) electrons. The summed E-state index contributed by atoms with van der Waals surface area (Å²) < 4.78 is 10.8. The molecule has 0 saturated heterocycles. The molecule has 1 rings (SSSR count). The predicted octanol–water partition coefficient (Wildman–Crippen LogP) is 2.12. The molecule has 0 aliphatic heterocycles. The maximum Gasteiger partial charge on any atom is 0.322 e. The quantitative estimate of drug-likeness (QED) is 0.710. The number of carbonyl (C=O) groups excluding carboxylic acids is 1. The van der Waals surface area contributed by atoms with Gasteiger partial charge in [0.15, 0.2) is 0 Å². The van der Waals surface area contributed by atoms with Crippen LogP contribution in [0.15, 0.2) is 0 Å². The van der Waals surface area contributed by atoms with Gasteiger partial charge in [-0.3, -0.25) is 4.79 Å². The molecule has 0 aromatic rings. The summed E-state index contributed by atoms with van der Waals surface area (Å²) in [7, 11) is 0. The van der Waals surface area contributed by atoms with Gasteiger partial charge in [-0.2, -0.15) is 0 Å². The van der Waals surface area contributed by atoms with Gasteiger partial charge in [0.05, 0.1) is 12.7 Å². The van der Waals surface area contributed by atoms with E-state index >= 15 is 0 Å². The van der Waals surface area contributed by atoms with Gasteiger partial charge in [-0.15, -0.1) is 0 Å². The lowest BCUT2D eigenvalue weighted by Gasteiger charge is -2.54. The van der Waals surface area contributed by atoms with E-state index < -0.39 is 0 Å². The highest BCUT2D eigenvalue weighted by Gasteiger charge is 2.51. The molecule has 1 aliphatic rings. The van der Waals surface area contributed by atoms with Crippen LogP contribution in [0, 0.1) is 5.41 Å². The molecular formula is C14H27NO3. The Balaban J connectivity index is 2.51. The van der Waals surface area contributed by atoms with E-state index in [1.54, 1.807) is 0 Å². The second-order valence-electron chi connectivity index (χ2n) is 5.23. The van der Waals surface area contributed by atoms with Gasteiger partial charge in [-0.05, 0) is 33.6 Å². The van der Waals surface area contributed by atoms with E-state index in [4.69, 9.17) is 9.47 Å². The standard InChI is InChI=1S/C14H27NO3/c1-6-14(5)11(9-12(14)17-7-2)15-10(4)13(16)18-8-3/h10-12,15H,6-9H2,1-5H3. The lowest BCUT2D eigenvalue weighted by molar-refractivity contribution is -0.151. The zero-order chi connectivity index (χ0) is 13.8. The second-order valence-corrected chi connectivity index (χ2v) is 5.23. The largest absolute Gasteiger partial charge is 0.465 e. The Kier molecular flexibility index (Phi) is 5.60. The fraction of sp³-hybridized carbons (Fsp3) is 0.929. The van der Waals surface area contributed by atoms with Gasteiger partial charge in [-0.25, -0.2) is 0 Å². The summed E-state index contributed by atoms with van der Waals surface area (Å²) in [5.74, 6) is -0.171. The SMILES string of the molecule is CCOC(=O)C(C)NC1CC(OCC)C1(C)CC. The first-order chi connectivity index (χ1) is 8.49. The first-order valence-corrected chi connectivity index (χ1v) is 7.03. The molecule has 106 valence electrons. The third-order valence-electron chi connectivity index (χ3n) is 4.20. The van der Waals surface area contributed by atoms with Crippen molar-refractivity contribution in [3.05, 3.63) is 0 Å². The van der Waals surface area contributed by atoms with Crippen LogP contribution in [0.4, 0.5) is 0 Å². The van der Waals surface area contributed by atoms with E-state index in [1.807, 2.05) is 20.8 Å². The van der Waals surface area contributed by atoms with E-state index in [0.717, 1.165) is 19.4 Å². The lowest BCUT2D eigenvalue weighted by atomic mass is 9.61. The minimum Gasteiger partial charge on any atom is -0.465 e. The first-order valence-electron chi connectivity index (χ1n) is 7.03. The summed E-state index contributed by atoms with van der Waals surface area (Å²) in [6.45, 7) is 11.3. The topological polar surface area (TPSA) is 47.6 Å². The summed E-state index contributed by atoms with van der Waals surface area (Å²) in [6, 6.07) is 0.0851. The molecule has 4 nitrogen and oxygen atoms in total. The smallest absolute Gasteiger partial charge is 0.322 e. The molecule has 0 aromatic carbocycles. The highest BCUT2D eigenvalue weighted by molar-refractivity contribution is 5.75. The third kappa shape index (κ3) is 3.04.